The van der Waals surface area contributed by atoms with E-state index in [4.69, 9.17) is 9.47 Å². The van der Waals surface area contributed by atoms with Crippen LogP contribution in [0, 0.1) is 0 Å². The SMILES string of the molecule is CCOc1ccc(C2=C(/C=C/C(=O)c3ccccc3)[C@H](c3ccccc3)c3ccccc3O2)cc1. The molecule has 0 fully saturated rings. The number of para-hydroxylation sites is 1. The Hall–Kier alpha value is -4.37. The lowest BCUT2D eigenvalue weighted by Gasteiger charge is -2.30. The summed E-state index contributed by atoms with van der Waals surface area (Å²) in [5, 5.41) is 0. The molecule has 4 aromatic rings. The molecule has 172 valence electrons. The zero-order chi connectivity index (χ0) is 24.0. The molecule has 0 aliphatic carbocycles. The molecule has 0 aromatic heterocycles. The van der Waals surface area contributed by atoms with Crippen LogP contribution in [0.4, 0.5) is 0 Å². The molecule has 0 saturated heterocycles. The molecular weight excluding hydrogens is 432 g/mol. The Balaban J connectivity index is 1.66. The Labute approximate surface area is 206 Å². The van der Waals surface area contributed by atoms with Crippen molar-refractivity contribution >= 4 is 11.5 Å². The van der Waals surface area contributed by atoms with E-state index in [1.165, 1.54) is 0 Å². The predicted octanol–water partition coefficient (Wildman–Crippen LogP) is 7.46. The molecule has 4 aromatic carbocycles. The van der Waals surface area contributed by atoms with Gasteiger partial charge in [0.1, 0.15) is 17.3 Å². The summed E-state index contributed by atoms with van der Waals surface area (Å²) in [7, 11) is 0. The van der Waals surface area contributed by atoms with Gasteiger partial charge in [-0.15, -0.1) is 0 Å². The zero-order valence-corrected chi connectivity index (χ0v) is 19.6. The molecule has 1 aliphatic heterocycles. The first-order valence-corrected chi connectivity index (χ1v) is 11.8. The van der Waals surface area contributed by atoms with Crippen LogP contribution >= 0.6 is 0 Å². The van der Waals surface area contributed by atoms with Gasteiger partial charge in [0.2, 0.25) is 0 Å². The number of rotatable bonds is 7. The van der Waals surface area contributed by atoms with Crippen molar-refractivity contribution < 1.29 is 14.3 Å². The average Bonchev–Trinajstić information content (AvgIpc) is 2.92. The van der Waals surface area contributed by atoms with E-state index >= 15 is 0 Å². The largest absolute Gasteiger partial charge is 0.494 e. The van der Waals surface area contributed by atoms with Crippen LogP contribution in [-0.2, 0) is 0 Å². The van der Waals surface area contributed by atoms with Gasteiger partial charge in [-0.25, -0.2) is 0 Å². The van der Waals surface area contributed by atoms with E-state index in [0.29, 0.717) is 12.2 Å². The van der Waals surface area contributed by atoms with Crippen LogP contribution in [0.5, 0.6) is 11.5 Å². The number of hydrogen-bond donors (Lipinski definition) is 0. The number of ketones is 1. The summed E-state index contributed by atoms with van der Waals surface area (Å²) < 4.78 is 12.1. The van der Waals surface area contributed by atoms with E-state index in [1.54, 1.807) is 6.08 Å². The van der Waals surface area contributed by atoms with E-state index in [2.05, 4.69) is 18.2 Å². The number of carbonyl (C=O) groups excluding carboxylic acids is 1. The first-order valence-electron chi connectivity index (χ1n) is 11.8. The highest BCUT2D eigenvalue weighted by molar-refractivity contribution is 6.05. The van der Waals surface area contributed by atoms with Crippen molar-refractivity contribution in [3.8, 4) is 11.5 Å². The Morgan fingerprint density at radius 1 is 0.829 bits per heavy atom. The quantitative estimate of drug-likeness (QED) is 0.213. The number of benzene rings is 4. The second-order valence-electron chi connectivity index (χ2n) is 8.29. The van der Waals surface area contributed by atoms with Crippen LogP contribution < -0.4 is 9.47 Å². The number of hydrogen-bond acceptors (Lipinski definition) is 3. The topological polar surface area (TPSA) is 35.5 Å². The summed E-state index contributed by atoms with van der Waals surface area (Å²) in [6.07, 6.45) is 3.56. The van der Waals surface area contributed by atoms with Gasteiger partial charge in [-0.3, -0.25) is 4.79 Å². The van der Waals surface area contributed by atoms with Gasteiger partial charge in [-0.2, -0.15) is 0 Å². The van der Waals surface area contributed by atoms with Gasteiger partial charge < -0.3 is 9.47 Å². The fourth-order valence-electron chi connectivity index (χ4n) is 4.41. The Bertz CT molecular complexity index is 1370. The maximum atomic E-state index is 13.0. The summed E-state index contributed by atoms with van der Waals surface area (Å²) in [6, 6.07) is 35.6. The molecule has 0 radical (unpaired) electrons. The average molecular weight is 459 g/mol. The van der Waals surface area contributed by atoms with E-state index in [9.17, 15) is 4.79 Å². The molecule has 0 N–H and O–H groups in total. The van der Waals surface area contributed by atoms with Gasteiger partial charge in [0.05, 0.1) is 6.61 Å². The third-order valence-corrected chi connectivity index (χ3v) is 6.05. The summed E-state index contributed by atoms with van der Waals surface area (Å²) in [5.41, 5.74) is 4.72. The standard InChI is InChI=1S/C32H26O3/c1-2-34-26-19-17-25(18-20-26)32-28(21-22-29(33)23-11-5-3-6-12-23)31(24-13-7-4-8-14-24)27-15-9-10-16-30(27)35-32/h3-22,31H,2H2,1H3/b22-21+/t31-/m1/s1. The number of carbonyl (C=O) groups is 1. The second-order valence-corrected chi connectivity index (χ2v) is 8.29. The maximum Gasteiger partial charge on any atom is 0.185 e. The van der Waals surface area contributed by atoms with Crippen LogP contribution in [0.25, 0.3) is 5.76 Å². The van der Waals surface area contributed by atoms with Gasteiger partial charge in [0.25, 0.3) is 0 Å². The van der Waals surface area contributed by atoms with Gasteiger partial charge in [-0.05, 0) is 48.9 Å². The van der Waals surface area contributed by atoms with Gasteiger partial charge in [0.15, 0.2) is 5.78 Å². The normalized spacial score (nSPS) is 14.9. The van der Waals surface area contributed by atoms with Gasteiger partial charge in [-0.1, -0.05) is 84.9 Å². The molecule has 0 bridgehead atoms. The molecule has 1 atom stereocenters. The number of ether oxygens (including phenoxy) is 2. The minimum absolute atomic E-state index is 0.0465. The van der Waals surface area contributed by atoms with Crippen molar-refractivity contribution in [2.45, 2.75) is 12.8 Å². The smallest absolute Gasteiger partial charge is 0.185 e. The molecule has 0 amide bonds. The molecule has 3 nitrogen and oxygen atoms in total. The third kappa shape index (κ3) is 4.80. The molecule has 0 unspecified atom stereocenters. The zero-order valence-electron chi connectivity index (χ0n) is 19.6. The second kappa shape index (κ2) is 10.3. The van der Waals surface area contributed by atoms with Crippen molar-refractivity contribution in [2.75, 3.05) is 6.61 Å². The fourth-order valence-corrected chi connectivity index (χ4v) is 4.41. The molecule has 1 heterocycles. The van der Waals surface area contributed by atoms with Gasteiger partial charge >= 0.3 is 0 Å². The molecule has 35 heavy (non-hydrogen) atoms. The summed E-state index contributed by atoms with van der Waals surface area (Å²) >= 11 is 0. The number of fused-ring (bicyclic) bond motifs is 1. The predicted molar refractivity (Wildman–Crippen MR) is 140 cm³/mol. The molecule has 1 aliphatic rings. The van der Waals surface area contributed by atoms with E-state index in [1.807, 2.05) is 104 Å². The lowest BCUT2D eigenvalue weighted by Crippen LogP contribution is -2.15. The van der Waals surface area contributed by atoms with Crippen LogP contribution in [0.15, 0.2) is 127 Å². The molecule has 0 saturated carbocycles. The monoisotopic (exact) mass is 458 g/mol. The van der Waals surface area contributed by atoms with Crippen molar-refractivity contribution in [1.29, 1.82) is 0 Å². The first kappa shape index (κ1) is 22.4. The van der Waals surface area contributed by atoms with Crippen molar-refractivity contribution in [3.63, 3.8) is 0 Å². The highest BCUT2D eigenvalue weighted by atomic mass is 16.5. The lowest BCUT2D eigenvalue weighted by molar-refractivity contribution is 0.104. The van der Waals surface area contributed by atoms with Crippen LogP contribution in [0.3, 0.4) is 0 Å². The highest BCUT2D eigenvalue weighted by Crippen LogP contribution is 2.46. The van der Waals surface area contributed by atoms with E-state index in [0.717, 1.165) is 39.5 Å². The van der Waals surface area contributed by atoms with Crippen molar-refractivity contribution in [2.24, 2.45) is 0 Å². The minimum atomic E-state index is -0.0810. The summed E-state index contributed by atoms with van der Waals surface area (Å²) in [6.45, 7) is 2.58. The molecule has 5 rings (SSSR count). The van der Waals surface area contributed by atoms with Crippen LogP contribution in [0.1, 0.15) is 39.9 Å². The fraction of sp³-hybridized carbons (Fsp3) is 0.0938. The van der Waals surface area contributed by atoms with Crippen molar-refractivity contribution in [1.82, 2.24) is 0 Å². The van der Waals surface area contributed by atoms with E-state index < -0.39 is 0 Å². The lowest BCUT2D eigenvalue weighted by atomic mass is 9.81. The molecule has 3 heteroatoms. The maximum absolute atomic E-state index is 13.0. The minimum Gasteiger partial charge on any atom is -0.494 e. The van der Waals surface area contributed by atoms with Crippen LogP contribution in [-0.4, -0.2) is 12.4 Å². The molecule has 0 spiro atoms. The first-order chi connectivity index (χ1) is 17.2. The van der Waals surface area contributed by atoms with Crippen LogP contribution in [0.2, 0.25) is 0 Å². The van der Waals surface area contributed by atoms with Crippen molar-refractivity contribution in [3.05, 3.63) is 149 Å². The van der Waals surface area contributed by atoms with E-state index in [-0.39, 0.29) is 11.7 Å². The Morgan fingerprint density at radius 3 is 2.20 bits per heavy atom. The highest BCUT2D eigenvalue weighted by Gasteiger charge is 2.30. The van der Waals surface area contributed by atoms with Gasteiger partial charge in [0, 0.05) is 28.2 Å². The summed E-state index contributed by atoms with van der Waals surface area (Å²) in [4.78, 5) is 13.0. The third-order valence-electron chi connectivity index (χ3n) is 6.05. The Kier molecular flexibility index (Phi) is 6.58. The Morgan fingerprint density at radius 2 is 1.49 bits per heavy atom. The number of allylic oxidation sites excluding steroid dienone is 3. The molecular formula is C32H26O3. The summed E-state index contributed by atoms with van der Waals surface area (Å²) in [5.74, 6) is 2.23.